The van der Waals surface area contributed by atoms with Gasteiger partial charge in [-0.05, 0) is 26.0 Å². The predicted molar refractivity (Wildman–Crippen MR) is 71.0 cm³/mol. The number of aryl methyl sites for hydroxylation is 1. The maximum atomic E-state index is 11.6. The number of aromatic carboxylic acids is 1. The molecule has 2 N–H and O–H groups in total. The van der Waals surface area contributed by atoms with Crippen LogP contribution in [0.1, 0.15) is 23.0 Å². The summed E-state index contributed by atoms with van der Waals surface area (Å²) >= 11 is 0. The molecule has 19 heavy (non-hydrogen) atoms. The number of hydrogen-bond donors (Lipinski definition) is 2. The number of fused-ring (bicyclic) bond motifs is 1. The zero-order valence-electron chi connectivity index (χ0n) is 10.4. The number of carboxylic acid groups (broad SMARTS) is 1. The minimum atomic E-state index is -3.43. The van der Waals surface area contributed by atoms with Gasteiger partial charge >= 0.3 is 5.97 Å². The number of hydrogen-bond acceptors (Lipinski definition) is 4. The van der Waals surface area contributed by atoms with Crippen molar-refractivity contribution >= 4 is 32.6 Å². The van der Waals surface area contributed by atoms with E-state index in [4.69, 9.17) is 9.52 Å². The van der Waals surface area contributed by atoms with Gasteiger partial charge in [-0.2, -0.15) is 0 Å². The largest absolute Gasteiger partial charge is 0.475 e. The van der Waals surface area contributed by atoms with E-state index in [0.29, 0.717) is 22.2 Å². The van der Waals surface area contributed by atoms with E-state index in [1.807, 2.05) is 0 Å². The molecular weight excluding hydrogens is 270 g/mol. The average molecular weight is 283 g/mol. The van der Waals surface area contributed by atoms with E-state index >= 15 is 0 Å². The van der Waals surface area contributed by atoms with Crippen molar-refractivity contribution in [2.75, 3.05) is 10.5 Å². The first kappa shape index (κ1) is 13.4. The molecule has 2 aromatic rings. The molecule has 2 rings (SSSR count). The Hall–Kier alpha value is -2.02. The van der Waals surface area contributed by atoms with Gasteiger partial charge < -0.3 is 9.52 Å². The van der Waals surface area contributed by atoms with E-state index in [0.717, 1.165) is 0 Å². The Morgan fingerprint density at radius 3 is 2.68 bits per heavy atom. The topological polar surface area (TPSA) is 96.6 Å². The lowest BCUT2D eigenvalue weighted by Gasteiger charge is -2.07. The third-order valence-electron chi connectivity index (χ3n) is 2.79. The molecule has 1 aromatic carbocycles. The Labute approximate surface area is 110 Å². The quantitative estimate of drug-likeness (QED) is 0.896. The average Bonchev–Trinajstić information content (AvgIpc) is 2.68. The van der Waals surface area contributed by atoms with Crippen LogP contribution in [-0.4, -0.2) is 25.2 Å². The summed E-state index contributed by atoms with van der Waals surface area (Å²) in [5, 5.41) is 9.47. The van der Waals surface area contributed by atoms with E-state index < -0.39 is 16.0 Å². The van der Waals surface area contributed by atoms with Crippen molar-refractivity contribution < 1.29 is 22.7 Å². The Balaban J connectivity index is 2.66. The summed E-state index contributed by atoms with van der Waals surface area (Å²) in [6.45, 7) is 3.10. The summed E-state index contributed by atoms with van der Waals surface area (Å²) in [6, 6.07) is 4.77. The first-order valence-corrected chi connectivity index (χ1v) is 7.27. The van der Waals surface area contributed by atoms with Crippen LogP contribution in [0.2, 0.25) is 0 Å². The summed E-state index contributed by atoms with van der Waals surface area (Å²) in [6.07, 6.45) is 0. The maximum absolute atomic E-state index is 11.6. The van der Waals surface area contributed by atoms with E-state index in [9.17, 15) is 13.2 Å². The maximum Gasteiger partial charge on any atom is 0.372 e. The monoisotopic (exact) mass is 283 g/mol. The molecule has 0 fully saturated rings. The lowest BCUT2D eigenvalue weighted by Crippen LogP contribution is -2.14. The molecule has 0 bridgehead atoms. The van der Waals surface area contributed by atoms with E-state index in [1.54, 1.807) is 25.1 Å². The van der Waals surface area contributed by atoms with Gasteiger partial charge in [-0.25, -0.2) is 13.2 Å². The highest BCUT2D eigenvalue weighted by Crippen LogP contribution is 2.32. The summed E-state index contributed by atoms with van der Waals surface area (Å²) in [5.74, 6) is -1.43. The van der Waals surface area contributed by atoms with Crippen molar-refractivity contribution in [1.29, 1.82) is 0 Å². The molecule has 0 spiro atoms. The normalized spacial score (nSPS) is 11.7. The second-order valence-electron chi connectivity index (χ2n) is 4.05. The van der Waals surface area contributed by atoms with E-state index in [1.165, 1.54) is 6.92 Å². The second kappa shape index (κ2) is 4.58. The fourth-order valence-electron chi connectivity index (χ4n) is 1.83. The van der Waals surface area contributed by atoms with Gasteiger partial charge in [-0.15, -0.1) is 0 Å². The molecular formula is C12H13NO5S. The molecule has 0 aliphatic carbocycles. The van der Waals surface area contributed by atoms with Crippen molar-refractivity contribution in [3.63, 3.8) is 0 Å². The fourth-order valence-corrected chi connectivity index (χ4v) is 2.48. The van der Waals surface area contributed by atoms with Crippen LogP contribution in [-0.2, 0) is 10.0 Å². The Morgan fingerprint density at radius 2 is 2.11 bits per heavy atom. The van der Waals surface area contributed by atoms with Crippen molar-refractivity contribution in [3.8, 4) is 0 Å². The van der Waals surface area contributed by atoms with Gasteiger partial charge in [-0.1, -0.05) is 6.07 Å². The molecule has 0 saturated carbocycles. The number of benzene rings is 1. The third kappa shape index (κ3) is 2.41. The number of rotatable bonds is 4. The highest BCUT2D eigenvalue weighted by molar-refractivity contribution is 7.92. The van der Waals surface area contributed by atoms with Crippen LogP contribution < -0.4 is 4.72 Å². The number of anilines is 1. The van der Waals surface area contributed by atoms with Gasteiger partial charge in [0, 0.05) is 10.9 Å². The lowest BCUT2D eigenvalue weighted by atomic mass is 10.1. The van der Waals surface area contributed by atoms with Crippen LogP contribution in [0, 0.1) is 6.92 Å². The zero-order valence-corrected chi connectivity index (χ0v) is 11.2. The lowest BCUT2D eigenvalue weighted by molar-refractivity contribution is 0.0664. The zero-order chi connectivity index (χ0) is 14.2. The molecule has 0 radical (unpaired) electrons. The van der Waals surface area contributed by atoms with Gasteiger partial charge in [0.1, 0.15) is 5.58 Å². The fraction of sp³-hybridized carbons (Fsp3) is 0.250. The molecule has 0 atom stereocenters. The van der Waals surface area contributed by atoms with Gasteiger partial charge in [-0.3, -0.25) is 4.72 Å². The van der Waals surface area contributed by atoms with Gasteiger partial charge in [0.25, 0.3) is 0 Å². The molecule has 102 valence electrons. The molecule has 0 aliphatic heterocycles. The second-order valence-corrected chi connectivity index (χ2v) is 6.06. The van der Waals surface area contributed by atoms with Crippen LogP contribution in [0.5, 0.6) is 0 Å². The first-order chi connectivity index (χ1) is 8.85. The SMILES string of the molecule is CCS(=O)(=O)Nc1cccc2oc(C(=O)O)c(C)c12. The highest BCUT2D eigenvalue weighted by Gasteiger charge is 2.20. The molecule has 7 heteroatoms. The molecule has 0 amide bonds. The minimum Gasteiger partial charge on any atom is -0.475 e. The molecule has 0 saturated heterocycles. The Bertz CT molecular complexity index is 745. The summed E-state index contributed by atoms with van der Waals surface area (Å²) in [4.78, 5) is 11.0. The van der Waals surface area contributed by atoms with Crippen LogP contribution in [0.25, 0.3) is 11.0 Å². The molecule has 0 aliphatic rings. The van der Waals surface area contributed by atoms with Gasteiger partial charge in [0.05, 0.1) is 11.4 Å². The minimum absolute atomic E-state index is 0.0634. The van der Waals surface area contributed by atoms with E-state index in [2.05, 4.69) is 4.72 Å². The van der Waals surface area contributed by atoms with Crippen LogP contribution >= 0.6 is 0 Å². The summed E-state index contributed by atoms with van der Waals surface area (Å²) in [5.41, 5.74) is 1.07. The van der Waals surface area contributed by atoms with Crippen LogP contribution in [0.4, 0.5) is 5.69 Å². The molecule has 1 heterocycles. The Morgan fingerprint density at radius 1 is 1.42 bits per heavy atom. The van der Waals surface area contributed by atoms with Gasteiger partial charge in [0.15, 0.2) is 0 Å². The molecule has 1 aromatic heterocycles. The third-order valence-corrected chi connectivity index (χ3v) is 4.08. The van der Waals surface area contributed by atoms with Crippen LogP contribution in [0.15, 0.2) is 22.6 Å². The van der Waals surface area contributed by atoms with Crippen molar-refractivity contribution in [2.45, 2.75) is 13.8 Å². The van der Waals surface area contributed by atoms with Gasteiger partial charge in [0.2, 0.25) is 15.8 Å². The van der Waals surface area contributed by atoms with Crippen LogP contribution in [0.3, 0.4) is 0 Å². The smallest absolute Gasteiger partial charge is 0.372 e. The van der Waals surface area contributed by atoms with Crippen molar-refractivity contribution in [3.05, 3.63) is 29.5 Å². The number of carboxylic acids is 1. The highest BCUT2D eigenvalue weighted by atomic mass is 32.2. The summed E-state index contributed by atoms with van der Waals surface area (Å²) in [7, 11) is -3.43. The van der Waals surface area contributed by atoms with E-state index in [-0.39, 0.29) is 11.5 Å². The number of nitrogens with one attached hydrogen (secondary N) is 1. The number of furan rings is 1. The number of sulfonamides is 1. The predicted octanol–water partition coefficient (Wildman–Crippen LogP) is 2.20. The van der Waals surface area contributed by atoms with Crippen molar-refractivity contribution in [2.24, 2.45) is 0 Å². The number of carbonyl (C=O) groups is 1. The Kier molecular flexibility index (Phi) is 3.23. The molecule has 0 unspecified atom stereocenters. The van der Waals surface area contributed by atoms with Crippen molar-refractivity contribution in [1.82, 2.24) is 0 Å². The summed E-state index contributed by atoms with van der Waals surface area (Å²) < 4.78 is 30.9. The standard InChI is InChI=1S/C12H13NO5S/c1-3-19(16,17)13-8-5-4-6-9-10(8)7(2)11(18-9)12(14)15/h4-6,13H,3H2,1-2H3,(H,14,15). The molecule has 6 nitrogen and oxygen atoms in total. The first-order valence-electron chi connectivity index (χ1n) is 5.61.